The molecule has 4 aliphatic rings. The lowest BCUT2D eigenvalue weighted by Crippen LogP contribution is -2.55. The highest BCUT2D eigenvalue weighted by molar-refractivity contribution is 5.83. The molecule has 5 nitrogen and oxygen atoms in total. The van der Waals surface area contributed by atoms with Gasteiger partial charge < -0.3 is 15.8 Å². The molecule has 1 heterocycles. The highest BCUT2D eigenvalue weighted by Crippen LogP contribution is 2.58. The lowest BCUT2D eigenvalue weighted by atomic mass is 9.51. The zero-order valence-electron chi connectivity index (χ0n) is 20.0. The van der Waals surface area contributed by atoms with E-state index in [1.807, 2.05) is 12.1 Å². The predicted molar refractivity (Wildman–Crippen MR) is 126 cm³/mol. The molecule has 35 heavy (non-hydrogen) atoms. The number of ether oxygens (including phenoxy) is 1. The molecule has 0 spiro atoms. The van der Waals surface area contributed by atoms with Crippen molar-refractivity contribution in [2.75, 3.05) is 32.8 Å². The topological polar surface area (TPSA) is 67.6 Å². The van der Waals surface area contributed by atoms with Crippen molar-refractivity contribution in [1.29, 1.82) is 0 Å². The van der Waals surface area contributed by atoms with Crippen molar-refractivity contribution in [2.45, 2.75) is 69.0 Å². The summed E-state index contributed by atoms with van der Waals surface area (Å²) in [6.07, 6.45) is 2.71. The summed E-state index contributed by atoms with van der Waals surface area (Å²) in [6, 6.07) is 7.91. The van der Waals surface area contributed by atoms with Crippen LogP contribution in [-0.4, -0.2) is 55.8 Å². The fourth-order valence-corrected chi connectivity index (χ4v) is 6.00. The molecule has 1 amide bonds. The quantitative estimate of drug-likeness (QED) is 0.515. The van der Waals surface area contributed by atoms with E-state index in [9.17, 15) is 22.4 Å². The first-order chi connectivity index (χ1) is 16.7. The van der Waals surface area contributed by atoms with Gasteiger partial charge >= 0.3 is 6.18 Å². The maximum atomic E-state index is 13.3. The predicted octanol–water partition coefficient (Wildman–Crippen LogP) is 4.61. The van der Waals surface area contributed by atoms with Crippen LogP contribution in [0, 0.1) is 5.41 Å². The summed E-state index contributed by atoms with van der Waals surface area (Å²) in [6.45, 7) is 0.0761. The Kier molecular flexibility index (Phi) is 7.76. The van der Waals surface area contributed by atoms with Gasteiger partial charge in [-0.2, -0.15) is 13.2 Å². The number of halogens is 4. The summed E-state index contributed by atoms with van der Waals surface area (Å²) in [5, 5.41) is 3.18. The monoisotopic (exact) mass is 497 g/mol. The molecule has 0 atom stereocenters. The highest BCUT2D eigenvalue weighted by Gasteiger charge is 2.53. The lowest BCUT2D eigenvalue weighted by Gasteiger charge is -2.53. The molecule has 3 saturated carbocycles. The molecule has 0 unspecified atom stereocenters. The molecular formula is C26H35F4N3O2. The Hall–Kier alpha value is -2.13. The van der Waals surface area contributed by atoms with Crippen molar-refractivity contribution in [1.82, 2.24) is 10.2 Å². The number of piperidine rings is 1. The number of alkyl halides is 3. The highest BCUT2D eigenvalue weighted by atomic mass is 19.4. The fourth-order valence-electron chi connectivity index (χ4n) is 6.00. The number of nitrogens with zero attached hydrogens (tertiary/aromatic N) is 1. The maximum absolute atomic E-state index is 13.3. The van der Waals surface area contributed by atoms with Gasteiger partial charge in [-0.15, -0.1) is 0 Å². The fraction of sp³-hybridized carbons (Fsp3) is 0.654. The Labute approximate surface area is 204 Å². The zero-order chi connectivity index (χ0) is 25.1. The van der Waals surface area contributed by atoms with Gasteiger partial charge in [0.05, 0.1) is 12.9 Å². The van der Waals surface area contributed by atoms with Crippen LogP contribution in [0.5, 0.6) is 5.75 Å². The van der Waals surface area contributed by atoms with Gasteiger partial charge in [-0.05, 0) is 74.5 Å². The molecule has 1 aromatic carbocycles. The van der Waals surface area contributed by atoms with Crippen LogP contribution < -0.4 is 15.8 Å². The number of benzene rings is 1. The number of amides is 1. The smallest absolute Gasteiger partial charge is 0.401 e. The number of rotatable bonds is 8. The second kappa shape index (κ2) is 10.5. The number of likely N-dealkylation sites (tertiary alicyclic amines) is 1. The Morgan fingerprint density at radius 1 is 1.09 bits per heavy atom. The van der Waals surface area contributed by atoms with Crippen molar-refractivity contribution in [2.24, 2.45) is 11.1 Å². The van der Waals surface area contributed by atoms with E-state index >= 15 is 0 Å². The summed E-state index contributed by atoms with van der Waals surface area (Å²) in [7, 11) is 0. The molecule has 1 aromatic rings. The van der Waals surface area contributed by atoms with Crippen molar-refractivity contribution in [3.63, 3.8) is 0 Å². The first kappa shape index (κ1) is 25.9. The Morgan fingerprint density at radius 3 is 2.20 bits per heavy atom. The average Bonchev–Trinajstić information content (AvgIpc) is 2.86. The second-order valence-electron chi connectivity index (χ2n) is 10.5. The van der Waals surface area contributed by atoms with Gasteiger partial charge in [-0.3, -0.25) is 9.69 Å². The molecule has 3 aliphatic carbocycles. The standard InChI is InChI=1S/C26H35F4N3O2/c27-15-19(16-31)17-35-22-3-1-20(2-4-22)24-7-10-25(11-8-24,12-9-24)23(34)32-21-5-13-33(14-6-21)18-26(28,29)30/h1-4,15,21H,5-14,16-18,31H2,(H,32,34). The molecule has 2 bridgehead atoms. The first-order valence-corrected chi connectivity index (χ1v) is 12.5. The van der Waals surface area contributed by atoms with E-state index in [0.717, 1.165) is 38.5 Å². The van der Waals surface area contributed by atoms with Crippen LogP contribution in [0.25, 0.3) is 0 Å². The summed E-state index contributed by atoms with van der Waals surface area (Å²) in [5.74, 6) is 0.750. The lowest BCUT2D eigenvalue weighted by molar-refractivity contribution is -0.149. The number of nitrogens with one attached hydrogen (secondary N) is 1. The second-order valence-corrected chi connectivity index (χ2v) is 10.5. The van der Waals surface area contributed by atoms with Gasteiger partial charge in [0.15, 0.2) is 0 Å². The number of carbonyl (C=O) groups excluding carboxylic acids is 1. The SMILES string of the molecule is NCC(=CF)COc1ccc(C23CCC(C(=O)NC4CCN(CC(F)(F)F)CC4)(CC2)CC3)cc1. The number of hydrogen-bond donors (Lipinski definition) is 2. The number of hydrogen-bond acceptors (Lipinski definition) is 4. The molecule has 194 valence electrons. The normalized spacial score (nSPS) is 28.2. The minimum Gasteiger partial charge on any atom is -0.489 e. The average molecular weight is 498 g/mol. The van der Waals surface area contributed by atoms with Gasteiger partial charge in [0.2, 0.25) is 5.91 Å². The summed E-state index contributed by atoms with van der Waals surface area (Å²) >= 11 is 0. The Bertz CT molecular complexity index is 884. The minimum absolute atomic E-state index is 0.0467. The third-order valence-electron chi connectivity index (χ3n) is 8.36. The summed E-state index contributed by atoms with van der Waals surface area (Å²) in [4.78, 5) is 14.7. The van der Waals surface area contributed by atoms with Crippen LogP contribution in [0.2, 0.25) is 0 Å². The van der Waals surface area contributed by atoms with Crippen LogP contribution in [0.1, 0.15) is 56.9 Å². The van der Waals surface area contributed by atoms with Crippen LogP contribution in [0.15, 0.2) is 36.2 Å². The van der Waals surface area contributed by atoms with E-state index in [2.05, 4.69) is 17.4 Å². The van der Waals surface area contributed by atoms with Gasteiger partial charge in [0.25, 0.3) is 0 Å². The molecule has 3 N–H and O–H groups in total. The van der Waals surface area contributed by atoms with Crippen molar-refractivity contribution >= 4 is 5.91 Å². The van der Waals surface area contributed by atoms with Gasteiger partial charge in [-0.25, -0.2) is 4.39 Å². The molecule has 1 aliphatic heterocycles. The van der Waals surface area contributed by atoms with Gasteiger partial charge in [-0.1, -0.05) is 12.1 Å². The molecule has 0 aromatic heterocycles. The summed E-state index contributed by atoms with van der Waals surface area (Å²) in [5.41, 5.74) is 6.81. The minimum atomic E-state index is -4.18. The zero-order valence-corrected chi connectivity index (χ0v) is 20.0. The van der Waals surface area contributed by atoms with E-state index in [4.69, 9.17) is 10.5 Å². The van der Waals surface area contributed by atoms with Crippen LogP contribution in [0.3, 0.4) is 0 Å². The van der Waals surface area contributed by atoms with Crippen LogP contribution in [0.4, 0.5) is 17.6 Å². The molecule has 1 saturated heterocycles. The Morgan fingerprint density at radius 2 is 1.69 bits per heavy atom. The van der Waals surface area contributed by atoms with E-state index in [-0.39, 0.29) is 35.9 Å². The van der Waals surface area contributed by atoms with E-state index in [0.29, 0.717) is 43.6 Å². The number of carbonyl (C=O) groups is 1. The first-order valence-electron chi connectivity index (χ1n) is 12.5. The van der Waals surface area contributed by atoms with Crippen molar-refractivity contribution in [3.8, 4) is 5.75 Å². The third kappa shape index (κ3) is 6.00. The molecule has 9 heteroatoms. The van der Waals surface area contributed by atoms with Crippen LogP contribution >= 0.6 is 0 Å². The maximum Gasteiger partial charge on any atom is 0.401 e. The largest absolute Gasteiger partial charge is 0.489 e. The van der Waals surface area contributed by atoms with Gasteiger partial charge in [0.1, 0.15) is 12.4 Å². The number of nitrogens with two attached hydrogens (primary N) is 1. The van der Waals surface area contributed by atoms with E-state index < -0.39 is 12.7 Å². The van der Waals surface area contributed by atoms with E-state index in [1.165, 1.54) is 10.5 Å². The van der Waals surface area contributed by atoms with Crippen LogP contribution in [-0.2, 0) is 10.2 Å². The summed E-state index contributed by atoms with van der Waals surface area (Å²) < 4.78 is 56.1. The molecule has 5 rings (SSSR count). The molecular weight excluding hydrogens is 462 g/mol. The third-order valence-corrected chi connectivity index (χ3v) is 8.36. The van der Waals surface area contributed by atoms with Crippen molar-refractivity contribution in [3.05, 3.63) is 41.7 Å². The van der Waals surface area contributed by atoms with Gasteiger partial charge in [0, 0.05) is 36.7 Å². The molecule has 0 radical (unpaired) electrons. The van der Waals surface area contributed by atoms with E-state index in [1.54, 1.807) is 0 Å². The Balaban J connectivity index is 1.29. The van der Waals surface area contributed by atoms with Crippen molar-refractivity contribution < 1.29 is 27.1 Å². The molecule has 4 fully saturated rings. The number of fused-ring (bicyclic) bond motifs is 3.